The molecule has 2 aromatic rings. The van der Waals surface area contributed by atoms with Crippen LogP contribution in [0.1, 0.15) is 11.4 Å². The maximum atomic E-state index is 11.4. The van der Waals surface area contributed by atoms with Gasteiger partial charge in [-0.3, -0.25) is 4.79 Å². The molecular weight excluding hydrogens is 307 g/mol. The summed E-state index contributed by atoms with van der Waals surface area (Å²) in [7, 11) is 0. The van der Waals surface area contributed by atoms with Gasteiger partial charge in [0.25, 0.3) is 5.56 Å². The molecule has 88 valence electrons. The zero-order valence-corrected chi connectivity index (χ0v) is 10.9. The maximum absolute atomic E-state index is 11.4. The molecule has 1 aromatic carbocycles. The summed E-state index contributed by atoms with van der Waals surface area (Å²) in [6, 6.07) is 7.18. The molecule has 0 atom stereocenters. The fourth-order valence-corrected chi connectivity index (χ4v) is 1.69. The Balaban J connectivity index is 2.30. The minimum atomic E-state index is -0.401. The Bertz CT molecular complexity index is 595. The Labute approximate surface area is 110 Å². The second-order valence-corrected chi connectivity index (χ2v) is 4.68. The van der Waals surface area contributed by atoms with E-state index in [1.807, 2.05) is 12.1 Å². The summed E-state index contributed by atoms with van der Waals surface area (Å²) in [5.74, 6) is 0.0933. The lowest BCUT2D eigenvalue weighted by Gasteiger charge is -2.03. The molecule has 2 N–H and O–H groups in total. The smallest absolute Gasteiger partial charge is 0.269 e. The van der Waals surface area contributed by atoms with Gasteiger partial charge in [-0.15, -0.1) is 0 Å². The molecule has 2 rings (SSSR count). The van der Waals surface area contributed by atoms with Crippen LogP contribution in [-0.2, 0) is 6.42 Å². The molecule has 0 bridgehead atoms. The van der Waals surface area contributed by atoms with E-state index in [4.69, 9.17) is 11.6 Å². The molecule has 1 aromatic heterocycles. The number of aromatic nitrogens is 2. The molecule has 6 heteroatoms. The van der Waals surface area contributed by atoms with Crippen LogP contribution in [-0.4, -0.2) is 15.1 Å². The van der Waals surface area contributed by atoms with E-state index in [2.05, 4.69) is 25.9 Å². The molecule has 0 amide bonds. The van der Waals surface area contributed by atoms with Gasteiger partial charge in [0.1, 0.15) is 10.3 Å². The Kier molecular flexibility index (Phi) is 3.49. The summed E-state index contributed by atoms with van der Waals surface area (Å²) < 4.78 is 0.0392. The van der Waals surface area contributed by atoms with Crippen LogP contribution in [0.15, 0.2) is 33.5 Å². The highest BCUT2D eigenvalue weighted by atomic mass is 79.9. The number of rotatable bonds is 2. The molecule has 0 radical (unpaired) electrons. The van der Waals surface area contributed by atoms with E-state index in [1.165, 1.54) is 0 Å². The first-order valence-electron chi connectivity index (χ1n) is 4.78. The van der Waals surface area contributed by atoms with Crippen molar-refractivity contribution in [1.29, 1.82) is 0 Å². The van der Waals surface area contributed by atoms with Crippen molar-refractivity contribution >= 4 is 27.5 Å². The number of halogens is 2. The van der Waals surface area contributed by atoms with E-state index < -0.39 is 5.56 Å². The molecule has 1 heterocycles. The highest BCUT2D eigenvalue weighted by Crippen LogP contribution is 2.17. The van der Waals surface area contributed by atoms with Gasteiger partial charge in [-0.25, -0.2) is 0 Å². The van der Waals surface area contributed by atoms with E-state index in [9.17, 15) is 9.90 Å². The van der Waals surface area contributed by atoms with Gasteiger partial charge in [0.15, 0.2) is 0 Å². The minimum Gasteiger partial charge on any atom is -0.492 e. The average molecular weight is 316 g/mol. The van der Waals surface area contributed by atoms with Crippen molar-refractivity contribution in [2.24, 2.45) is 0 Å². The number of nitrogens with zero attached hydrogens (tertiary/aromatic N) is 1. The maximum Gasteiger partial charge on any atom is 0.269 e. The zero-order valence-electron chi connectivity index (χ0n) is 8.58. The van der Waals surface area contributed by atoms with Crippen LogP contribution in [0.2, 0.25) is 5.02 Å². The third-order valence-electron chi connectivity index (χ3n) is 2.18. The standard InChI is InChI=1S/C11H8BrClN2O2/c12-9-10(16)14-8(15-11(9)17)5-6-1-3-7(13)4-2-6/h1-4H,5H2,(H2,14,15,16,17). The molecular formula is C11H8BrClN2O2. The first-order chi connectivity index (χ1) is 8.06. The highest BCUT2D eigenvalue weighted by Gasteiger charge is 2.07. The van der Waals surface area contributed by atoms with Crippen LogP contribution in [0.5, 0.6) is 5.88 Å². The second-order valence-electron chi connectivity index (χ2n) is 3.45. The van der Waals surface area contributed by atoms with Crippen molar-refractivity contribution in [2.75, 3.05) is 0 Å². The van der Waals surface area contributed by atoms with Gasteiger partial charge in [-0.05, 0) is 33.6 Å². The molecule has 0 aliphatic carbocycles. The summed E-state index contributed by atoms with van der Waals surface area (Å²) >= 11 is 8.70. The van der Waals surface area contributed by atoms with Gasteiger partial charge in [-0.2, -0.15) is 4.98 Å². The molecule has 0 fully saturated rings. The Morgan fingerprint density at radius 2 is 2.00 bits per heavy atom. The van der Waals surface area contributed by atoms with Crippen LogP contribution in [0, 0.1) is 0 Å². The predicted octanol–water partition coefficient (Wildman–Crippen LogP) is 2.48. The third-order valence-corrected chi connectivity index (χ3v) is 3.15. The molecule has 0 spiro atoms. The van der Waals surface area contributed by atoms with Gasteiger partial charge >= 0.3 is 0 Å². The number of hydrogen-bond acceptors (Lipinski definition) is 3. The summed E-state index contributed by atoms with van der Waals surface area (Å²) in [5.41, 5.74) is 0.542. The quantitative estimate of drug-likeness (QED) is 0.895. The average Bonchev–Trinajstić information content (AvgIpc) is 2.29. The number of aromatic hydroxyl groups is 1. The van der Waals surface area contributed by atoms with E-state index in [1.54, 1.807) is 12.1 Å². The van der Waals surface area contributed by atoms with Crippen molar-refractivity contribution in [1.82, 2.24) is 9.97 Å². The van der Waals surface area contributed by atoms with Crippen LogP contribution in [0.4, 0.5) is 0 Å². The number of benzene rings is 1. The molecule has 0 saturated carbocycles. The Morgan fingerprint density at radius 1 is 1.35 bits per heavy atom. The summed E-state index contributed by atoms with van der Waals surface area (Å²) in [5, 5.41) is 10.1. The lowest BCUT2D eigenvalue weighted by Crippen LogP contribution is -2.12. The third kappa shape index (κ3) is 2.87. The molecule has 0 aliphatic rings. The SMILES string of the molecule is O=c1[nH]c(Cc2ccc(Cl)cc2)nc(O)c1Br. The van der Waals surface area contributed by atoms with Crippen LogP contribution in [0.3, 0.4) is 0 Å². The van der Waals surface area contributed by atoms with E-state index in [0.29, 0.717) is 17.3 Å². The monoisotopic (exact) mass is 314 g/mol. The van der Waals surface area contributed by atoms with Crippen molar-refractivity contribution in [3.8, 4) is 5.88 Å². The topological polar surface area (TPSA) is 66.0 Å². The lowest BCUT2D eigenvalue weighted by molar-refractivity contribution is 0.444. The summed E-state index contributed by atoms with van der Waals surface area (Å²) in [4.78, 5) is 17.8. The van der Waals surface area contributed by atoms with Gasteiger partial charge in [0.05, 0.1) is 0 Å². The number of aromatic amines is 1. The summed E-state index contributed by atoms with van der Waals surface area (Å²) in [6.45, 7) is 0. The molecule has 0 unspecified atom stereocenters. The second kappa shape index (κ2) is 4.89. The first kappa shape index (κ1) is 12.1. The predicted molar refractivity (Wildman–Crippen MR) is 68.5 cm³/mol. The molecule has 0 aliphatic heterocycles. The van der Waals surface area contributed by atoms with Gasteiger partial charge in [-0.1, -0.05) is 23.7 Å². The molecule has 0 saturated heterocycles. The Hall–Kier alpha value is -1.33. The highest BCUT2D eigenvalue weighted by molar-refractivity contribution is 9.10. The number of nitrogens with one attached hydrogen (secondary N) is 1. The van der Waals surface area contributed by atoms with Gasteiger partial charge in [0.2, 0.25) is 5.88 Å². The van der Waals surface area contributed by atoms with Crippen LogP contribution in [0.25, 0.3) is 0 Å². The lowest BCUT2D eigenvalue weighted by atomic mass is 10.1. The Morgan fingerprint density at radius 3 is 2.59 bits per heavy atom. The van der Waals surface area contributed by atoms with Gasteiger partial charge < -0.3 is 10.1 Å². The van der Waals surface area contributed by atoms with Crippen LogP contribution >= 0.6 is 27.5 Å². The summed E-state index contributed by atoms with van der Waals surface area (Å²) in [6.07, 6.45) is 0.424. The van der Waals surface area contributed by atoms with Crippen molar-refractivity contribution in [2.45, 2.75) is 6.42 Å². The fraction of sp³-hybridized carbons (Fsp3) is 0.0909. The fourth-order valence-electron chi connectivity index (χ4n) is 1.37. The zero-order chi connectivity index (χ0) is 12.4. The number of H-pyrrole nitrogens is 1. The minimum absolute atomic E-state index is 0.0392. The normalized spacial score (nSPS) is 10.5. The van der Waals surface area contributed by atoms with E-state index in [-0.39, 0.29) is 10.4 Å². The van der Waals surface area contributed by atoms with Crippen LogP contribution < -0.4 is 5.56 Å². The molecule has 17 heavy (non-hydrogen) atoms. The largest absolute Gasteiger partial charge is 0.492 e. The molecule has 4 nitrogen and oxygen atoms in total. The van der Waals surface area contributed by atoms with Gasteiger partial charge in [0, 0.05) is 11.4 Å². The van der Waals surface area contributed by atoms with Crippen molar-refractivity contribution in [3.05, 3.63) is 55.5 Å². The van der Waals surface area contributed by atoms with E-state index in [0.717, 1.165) is 5.56 Å². The van der Waals surface area contributed by atoms with Crippen molar-refractivity contribution < 1.29 is 5.11 Å². The van der Waals surface area contributed by atoms with Crippen molar-refractivity contribution in [3.63, 3.8) is 0 Å². The van der Waals surface area contributed by atoms with E-state index >= 15 is 0 Å². The first-order valence-corrected chi connectivity index (χ1v) is 5.95. The number of hydrogen-bond donors (Lipinski definition) is 2.